The molecule has 0 aromatic rings. The second-order valence-corrected chi connectivity index (χ2v) is 14.0. The Kier molecular flexibility index (Phi) is 14.8. The minimum absolute atomic E-state index is 0.00974. The van der Waals surface area contributed by atoms with Crippen LogP contribution in [0.5, 0.6) is 0 Å². The van der Waals surface area contributed by atoms with Gasteiger partial charge in [-0.1, -0.05) is 45.4 Å². The first kappa shape index (κ1) is 41.6. The fourth-order valence-corrected chi connectivity index (χ4v) is 7.28. The van der Waals surface area contributed by atoms with E-state index in [1.54, 1.807) is 0 Å². The summed E-state index contributed by atoms with van der Waals surface area (Å²) in [7, 11) is 0. The molecule has 19 heteroatoms. The van der Waals surface area contributed by atoms with Gasteiger partial charge in [0.15, 0.2) is 18.7 Å². The van der Waals surface area contributed by atoms with Crippen LogP contribution in [-0.4, -0.2) is 147 Å². The second-order valence-electron chi connectivity index (χ2n) is 14.0. The molecule has 8 N–H and O–H groups in total. The largest absolute Gasteiger partial charge is 0.479 e. The number of aliphatic carboxylic acids is 1. The van der Waals surface area contributed by atoms with Crippen LogP contribution < -0.4 is 10.6 Å². The van der Waals surface area contributed by atoms with Crippen molar-refractivity contribution in [1.82, 2.24) is 10.6 Å². The van der Waals surface area contributed by atoms with Gasteiger partial charge in [0.05, 0.1) is 31.5 Å². The summed E-state index contributed by atoms with van der Waals surface area (Å²) in [4.78, 5) is 36.8. The molecule has 51 heavy (non-hydrogen) atoms. The monoisotopic (exact) mass is 744 g/mol. The highest BCUT2D eigenvalue weighted by Crippen LogP contribution is 2.36. The average molecular weight is 745 g/mol. The molecule has 16 nitrogen and oxygen atoms in total. The van der Waals surface area contributed by atoms with Crippen LogP contribution in [-0.2, 0) is 38.1 Å². The van der Waals surface area contributed by atoms with E-state index < -0.39 is 117 Å². The van der Waals surface area contributed by atoms with Crippen molar-refractivity contribution in [1.29, 1.82) is 0 Å². The quantitative estimate of drug-likeness (QED) is 0.118. The first-order valence-electron chi connectivity index (χ1n) is 17.5. The van der Waals surface area contributed by atoms with E-state index in [4.69, 9.17) is 23.7 Å². The van der Waals surface area contributed by atoms with Gasteiger partial charge in [0.2, 0.25) is 5.91 Å². The van der Waals surface area contributed by atoms with Crippen molar-refractivity contribution in [2.75, 3.05) is 13.2 Å². The molecule has 2 aliphatic carbocycles. The molecule has 0 aromatic heterocycles. The van der Waals surface area contributed by atoms with Gasteiger partial charge in [-0.05, 0) is 38.0 Å². The average Bonchev–Trinajstić information content (AvgIpc) is 3.08. The highest BCUT2D eigenvalue weighted by Gasteiger charge is 2.52. The van der Waals surface area contributed by atoms with Crippen LogP contribution >= 0.6 is 0 Å². The van der Waals surface area contributed by atoms with E-state index in [2.05, 4.69) is 5.32 Å². The van der Waals surface area contributed by atoms with Crippen molar-refractivity contribution in [3.63, 3.8) is 0 Å². The topological polar surface area (TPSA) is 243 Å². The molecule has 294 valence electrons. The molecule has 0 aromatic carbocycles. The number of alkyl halides is 3. The van der Waals surface area contributed by atoms with Crippen LogP contribution in [0, 0.1) is 11.8 Å². The lowest BCUT2D eigenvalue weighted by Gasteiger charge is -2.48. The van der Waals surface area contributed by atoms with E-state index in [-0.39, 0.29) is 18.3 Å². The summed E-state index contributed by atoms with van der Waals surface area (Å²) in [6, 6.07) is -1.59. The van der Waals surface area contributed by atoms with Crippen molar-refractivity contribution < 1.29 is 81.9 Å². The first-order valence-corrected chi connectivity index (χ1v) is 17.5. The van der Waals surface area contributed by atoms with E-state index in [0.717, 1.165) is 32.1 Å². The number of carbonyl (C=O) groups is 3. The van der Waals surface area contributed by atoms with Crippen molar-refractivity contribution in [3.05, 3.63) is 0 Å². The molecule has 2 aliphatic heterocycles. The summed E-state index contributed by atoms with van der Waals surface area (Å²) in [6.07, 6.45) is -16.0. The number of amides is 2. The molecular weight excluding hydrogens is 693 g/mol. The van der Waals surface area contributed by atoms with Crippen LogP contribution in [0.25, 0.3) is 0 Å². The molecule has 2 saturated carbocycles. The van der Waals surface area contributed by atoms with Crippen LogP contribution in [0.3, 0.4) is 0 Å². The lowest BCUT2D eigenvalue weighted by Crippen LogP contribution is -2.67. The number of ether oxygens (including phenoxy) is 5. The Bertz CT molecular complexity index is 1160. The van der Waals surface area contributed by atoms with Gasteiger partial charge in [-0.25, -0.2) is 4.79 Å². The Labute approximate surface area is 292 Å². The first-order chi connectivity index (χ1) is 24.0. The van der Waals surface area contributed by atoms with E-state index in [1.165, 1.54) is 12.2 Å². The Morgan fingerprint density at radius 1 is 0.843 bits per heavy atom. The maximum atomic E-state index is 13.0. The summed E-state index contributed by atoms with van der Waals surface area (Å²) in [5, 5.41) is 66.4. The Balaban J connectivity index is 1.61. The molecule has 2 heterocycles. The lowest BCUT2D eigenvalue weighted by atomic mass is 9.85. The minimum atomic E-state index is -5.28. The SMILES string of the molecule is CC1CCC[C@@H](O[C@@H]2OC(CO)[C@H](O)C(O[C@@H](CC3CCCCC3)C(=O)O)C2NC(=O)CNC(=O)C(F)(F)F)C1O[C@@H]1OC(C)[C@@H](O)C(O)C1O. The highest BCUT2D eigenvalue weighted by molar-refractivity contribution is 5.87. The number of aliphatic hydroxyl groups is 5. The number of hydrogen-bond acceptors (Lipinski definition) is 13. The van der Waals surface area contributed by atoms with Gasteiger partial charge in [-0.3, -0.25) is 9.59 Å². The van der Waals surface area contributed by atoms with Gasteiger partial charge in [0.25, 0.3) is 0 Å². The zero-order valence-electron chi connectivity index (χ0n) is 28.5. The predicted octanol–water partition coefficient (Wildman–Crippen LogP) is -0.545. The summed E-state index contributed by atoms with van der Waals surface area (Å²) in [5.74, 6) is -5.19. The van der Waals surface area contributed by atoms with E-state index >= 15 is 0 Å². The second kappa shape index (κ2) is 18.2. The van der Waals surface area contributed by atoms with Gasteiger partial charge >= 0.3 is 18.1 Å². The third-order valence-electron chi connectivity index (χ3n) is 10.2. The van der Waals surface area contributed by atoms with E-state index in [1.807, 2.05) is 6.92 Å². The fourth-order valence-electron chi connectivity index (χ4n) is 7.28. The molecule has 0 bridgehead atoms. The molecule has 4 fully saturated rings. The zero-order valence-corrected chi connectivity index (χ0v) is 28.5. The highest BCUT2D eigenvalue weighted by atomic mass is 19.4. The van der Waals surface area contributed by atoms with Gasteiger partial charge < -0.3 is 65.0 Å². The number of carboxylic acids is 1. The molecule has 4 rings (SSSR count). The van der Waals surface area contributed by atoms with Crippen molar-refractivity contribution in [2.45, 2.75) is 157 Å². The van der Waals surface area contributed by atoms with Crippen molar-refractivity contribution in [2.24, 2.45) is 11.8 Å². The standard InChI is InChI=1S/C32H51F3N2O14/c1-14-7-6-10-17(26(14)51-30-25(43)24(42)22(40)15(2)47-30)49-29-21(37-20(39)12-36-31(46)32(33,34)35)27(23(41)19(13-38)50-29)48-18(28(44)45)11-16-8-4-3-5-9-16/h14-19,21-27,29-30,38,40-43H,3-13H2,1-2H3,(H,36,46)(H,37,39)(H,44,45)/t14?,15?,17-,18+,19?,21?,22-,23+,24?,25?,26?,27?,29-,30+/m1/s1. The predicted molar refractivity (Wildman–Crippen MR) is 165 cm³/mol. The van der Waals surface area contributed by atoms with Gasteiger partial charge in [0.1, 0.15) is 42.7 Å². The van der Waals surface area contributed by atoms with Crippen molar-refractivity contribution >= 4 is 17.8 Å². The van der Waals surface area contributed by atoms with Crippen LogP contribution in [0.4, 0.5) is 13.2 Å². The fraction of sp³-hybridized carbons (Fsp3) is 0.906. The molecular formula is C32H51F3N2O14. The number of aliphatic hydroxyl groups excluding tert-OH is 5. The van der Waals surface area contributed by atoms with Crippen LogP contribution in [0.2, 0.25) is 0 Å². The molecule has 0 spiro atoms. The number of carbonyl (C=O) groups excluding carboxylic acids is 2. The molecule has 2 amide bonds. The number of rotatable bonds is 13. The summed E-state index contributed by atoms with van der Waals surface area (Å²) in [5.41, 5.74) is 0. The lowest BCUT2D eigenvalue weighted by molar-refractivity contribution is -0.336. The third-order valence-corrected chi connectivity index (χ3v) is 10.2. The van der Waals surface area contributed by atoms with Gasteiger partial charge in [-0.2, -0.15) is 13.2 Å². The van der Waals surface area contributed by atoms with E-state index in [9.17, 15) is 58.2 Å². The number of hydrogen-bond donors (Lipinski definition) is 8. The third kappa shape index (κ3) is 10.7. The maximum absolute atomic E-state index is 13.0. The zero-order chi connectivity index (χ0) is 37.6. The van der Waals surface area contributed by atoms with Gasteiger partial charge in [-0.15, -0.1) is 0 Å². The minimum Gasteiger partial charge on any atom is -0.479 e. The summed E-state index contributed by atoms with van der Waals surface area (Å²) in [6.45, 7) is 1.34. The maximum Gasteiger partial charge on any atom is 0.471 e. The van der Waals surface area contributed by atoms with Crippen molar-refractivity contribution in [3.8, 4) is 0 Å². The Morgan fingerprint density at radius 3 is 2.16 bits per heavy atom. The molecule has 14 atom stereocenters. The number of nitrogens with one attached hydrogen (secondary N) is 2. The number of carboxylic acid groups (broad SMARTS) is 1. The Morgan fingerprint density at radius 2 is 1.53 bits per heavy atom. The van der Waals surface area contributed by atoms with E-state index in [0.29, 0.717) is 19.3 Å². The number of halogens is 3. The smallest absolute Gasteiger partial charge is 0.471 e. The molecule has 2 saturated heterocycles. The van der Waals surface area contributed by atoms with Gasteiger partial charge in [0, 0.05) is 0 Å². The molecule has 8 unspecified atom stereocenters. The van der Waals surface area contributed by atoms with Crippen LogP contribution in [0.15, 0.2) is 0 Å². The molecule has 4 aliphatic rings. The molecule has 0 radical (unpaired) electrons. The summed E-state index contributed by atoms with van der Waals surface area (Å²) < 4.78 is 68.4. The Hall–Kier alpha value is -2.20. The summed E-state index contributed by atoms with van der Waals surface area (Å²) >= 11 is 0. The normalized spacial score (nSPS) is 38.8. The van der Waals surface area contributed by atoms with Crippen LogP contribution in [0.1, 0.15) is 71.6 Å².